The molecule has 1 aromatic rings. The maximum Gasteiger partial charge on any atom is 0.109 e. The van der Waals surface area contributed by atoms with Crippen molar-refractivity contribution in [1.29, 1.82) is 0 Å². The Morgan fingerprint density at radius 3 is 2.24 bits per heavy atom. The average molecular weight is 287 g/mol. The monoisotopic (exact) mass is 287 g/mol. The normalized spacial score (nSPS) is 16.6. The largest absolute Gasteiger partial charge is 0.496 e. The van der Waals surface area contributed by atoms with Crippen LogP contribution in [0.1, 0.15) is 49.4 Å². The summed E-state index contributed by atoms with van der Waals surface area (Å²) in [4.78, 5) is 0. The zero-order valence-electron chi connectivity index (χ0n) is 14.3. The van der Waals surface area contributed by atoms with Gasteiger partial charge in [0.2, 0.25) is 0 Å². The van der Waals surface area contributed by atoms with Crippen LogP contribution in [-0.2, 0) is 16.6 Å². The Morgan fingerprint density at radius 2 is 1.81 bits per heavy atom. The van der Waals surface area contributed by atoms with Gasteiger partial charge in [0.05, 0.1) is 12.6 Å². The van der Waals surface area contributed by atoms with Crippen LogP contribution in [0, 0.1) is 13.8 Å². The third-order valence-electron chi connectivity index (χ3n) is 4.39. The van der Waals surface area contributed by atoms with E-state index in [0.717, 1.165) is 25.2 Å². The predicted molar refractivity (Wildman–Crippen MR) is 89.8 cm³/mol. The van der Waals surface area contributed by atoms with E-state index in [-0.39, 0.29) is 11.5 Å². The third kappa shape index (κ3) is 3.68. The number of nitrogens with one attached hydrogen (secondary N) is 1. The summed E-state index contributed by atoms with van der Waals surface area (Å²) in [5, 5.41) is 3.40. The van der Waals surface area contributed by atoms with Crippen LogP contribution >= 0.6 is 0 Å². The summed E-state index contributed by atoms with van der Waals surface area (Å²) < 4.78 is 5.73. The number of ether oxygens (including phenoxy) is 1. The van der Waals surface area contributed by atoms with E-state index in [1.807, 2.05) is 7.05 Å². The molecule has 2 nitrogen and oxygen atoms in total. The Kier molecular flexibility index (Phi) is 4.77. The predicted octanol–water partition coefficient (Wildman–Crippen LogP) is 4.04. The summed E-state index contributed by atoms with van der Waals surface area (Å²) >= 11 is 0. The molecule has 0 fully saturated rings. The van der Waals surface area contributed by atoms with Gasteiger partial charge >= 0.3 is 0 Å². The van der Waals surface area contributed by atoms with Gasteiger partial charge in [0, 0.05) is 6.42 Å². The standard InChI is InChI=1S/C19H29NO/c1-13-10-15(19(3,4)5)11-14(2)16(13)12-17(20-6)18-8-7-9-21-18/h8,10-11,17,20H,7,9,12H2,1-6H3. The molecule has 0 aliphatic carbocycles. The van der Waals surface area contributed by atoms with Gasteiger partial charge in [-0.2, -0.15) is 0 Å². The molecule has 1 heterocycles. The van der Waals surface area contributed by atoms with E-state index in [1.165, 1.54) is 22.3 Å². The molecule has 1 aromatic carbocycles. The number of likely N-dealkylation sites (N-methyl/N-ethyl adjacent to an activating group) is 1. The molecule has 116 valence electrons. The highest BCUT2D eigenvalue weighted by molar-refractivity contribution is 5.41. The second kappa shape index (κ2) is 6.23. The first-order chi connectivity index (χ1) is 9.82. The minimum Gasteiger partial charge on any atom is -0.496 e. The van der Waals surface area contributed by atoms with Crippen molar-refractivity contribution in [2.45, 2.75) is 58.9 Å². The van der Waals surface area contributed by atoms with Crippen molar-refractivity contribution in [3.8, 4) is 0 Å². The van der Waals surface area contributed by atoms with Crippen LogP contribution in [0.25, 0.3) is 0 Å². The van der Waals surface area contributed by atoms with Crippen LogP contribution in [-0.4, -0.2) is 19.7 Å². The van der Waals surface area contributed by atoms with Crippen molar-refractivity contribution in [2.75, 3.05) is 13.7 Å². The summed E-state index contributed by atoms with van der Waals surface area (Å²) in [6.45, 7) is 12.1. The highest BCUT2D eigenvalue weighted by atomic mass is 16.5. The lowest BCUT2D eigenvalue weighted by molar-refractivity contribution is 0.217. The van der Waals surface area contributed by atoms with Crippen molar-refractivity contribution in [1.82, 2.24) is 5.32 Å². The molecular weight excluding hydrogens is 258 g/mol. The number of rotatable bonds is 4. The SMILES string of the molecule is CNC(Cc1c(C)cc(C(C)(C)C)cc1C)C1=CCCO1. The van der Waals surface area contributed by atoms with Crippen molar-refractivity contribution in [2.24, 2.45) is 0 Å². The fraction of sp³-hybridized carbons (Fsp3) is 0.579. The second-order valence-electron chi connectivity index (χ2n) is 7.13. The minimum atomic E-state index is 0.202. The molecule has 1 aliphatic heterocycles. The fourth-order valence-corrected chi connectivity index (χ4v) is 2.98. The first-order valence-corrected chi connectivity index (χ1v) is 7.93. The van der Waals surface area contributed by atoms with Crippen molar-refractivity contribution >= 4 is 0 Å². The van der Waals surface area contributed by atoms with E-state index in [4.69, 9.17) is 4.74 Å². The van der Waals surface area contributed by atoms with Gasteiger partial charge in [-0.1, -0.05) is 32.9 Å². The first kappa shape index (κ1) is 16.1. The summed E-state index contributed by atoms with van der Waals surface area (Å²) in [6, 6.07) is 4.98. The van der Waals surface area contributed by atoms with E-state index in [1.54, 1.807) is 0 Å². The van der Waals surface area contributed by atoms with Gasteiger partial charge in [0.1, 0.15) is 5.76 Å². The molecule has 1 atom stereocenters. The number of hydrogen-bond acceptors (Lipinski definition) is 2. The first-order valence-electron chi connectivity index (χ1n) is 7.93. The van der Waals surface area contributed by atoms with Gasteiger partial charge in [-0.05, 0) is 61.1 Å². The molecule has 1 unspecified atom stereocenters. The van der Waals surface area contributed by atoms with E-state index < -0.39 is 0 Å². The van der Waals surface area contributed by atoms with Crippen LogP contribution in [0.4, 0.5) is 0 Å². The number of aryl methyl sites for hydroxylation is 2. The Morgan fingerprint density at radius 1 is 1.19 bits per heavy atom. The molecule has 2 rings (SSSR count). The molecule has 2 heteroatoms. The quantitative estimate of drug-likeness (QED) is 0.902. The number of hydrogen-bond donors (Lipinski definition) is 1. The molecule has 0 spiro atoms. The maximum absolute atomic E-state index is 5.73. The van der Waals surface area contributed by atoms with E-state index >= 15 is 0 Å². The molecule has 0 amide bonds. The van der Waals surface area contributed by atoms with Gasteiger partial charge in [0.15, 0.2) is 0 Å². The van der Waals surface area contributed by atoms with Crippen LogP contribution in [0.2, 0.25) is 0 Å². The van der Waals surface area contributed by atoms with Gasteiger partial charge in [0.25, 0.3) is 0 Å². The van der Waals surface area contributed by atoms with Gasteiger partial charge in [-0.3, -0.25) is 0 Å². The highest BCUT2D eigenvalue weighted by Gasteiger charge is 2.21. The van der Waals surface area contributed by atoms with Crippen LogP contribution in [0.3, 0.4) is 0 Å². The Hall–Kier alpha value is -1.28. The van der Waals surface area contributed by atoms with Crippen molar-refractivity contribution in [3.63, 3.8) is 0 Å². The highest BCUT2D eigenvalue weighted by Crippen LogP contribution is 2.28. The molecule has 0 saturated heterocycles. The average Bonchev–Trinajstić information content (AvgIpc) is 2.90. The maximum atomic E-state index is 5.73. The lowest BCUT2D eigenvalue weighted by atomic mass is 9.83. The van der Waals surface area contributed by atoms with Gasteiger partial charge in [-0.25, -0.2) is 0 Å². The van der Waals surface area contributed by atoms with Crippen LogP contribution < -0.4 is 5.32 Å². The zero-order valence-corrected chi connectivity index (χ0v) is 14.3. The van der Waals surface area contributed by atoms with Crippen molar-refractivity contribution < 1.29 is 4.74 Å². The molecule has 0 aromatic heterocycles. The Balaban J connectivity index is 2.27. The molecule has 0 bridgehead atoms. The molecule has 1 N–H and O–H groups in total. The summed E-state index contributed by atoms with van der Waals surface area (Å²) in [6.07, 6.45) is 4.24. The summed E-state index contributed by atoms with van der Waals surface area (Å²) in [5.41, 5.74) is 5.84. The van der Waals surface area contributed by atoms with Crippen molar-refractivity contribution in [3.05, 3.63) is 46.2 Å². The van der Waals surface area contributed by atoms with Gasteiger partial charge < -0.3 is 10.1 Å². The minimum absolute atomic E-state index is 0.202. The molecule has 1 aliphatic rings. The summed E-state index contributed by atoms with van der Waals surface area (Å²) in [7, 11) is 2.02. The topological polar surface area (TPSA) is 21.3 Å². The smallest absolute Gasteiger partial charge is 0.109 e. The second-order valence-corrected chi connectivity index (χ2v) is 7.13. The van der Waals surface area contributed by atoms with Gasteiger partial charge in [-0.15, -0.1) is 0 Å². The Labute approximate surface area is 129 Å². The molecule has 0 radical (unpaired) electrons. The van der Waals surface area contributed by atoms with Crippen LogP contribution in [0.15, 0.2) is 24.0 Å². The van der Waals surface area contributed by atoms with E-state index in [2.05, 4.69) is 58.1 Å². The fourth-order valence-electron chi connectivity index (χ4n) is 2.98. The Bertz CT molecular complexity index is 514. The molecule has 0 saturated carbocycles. The lowest BCUT2D eigenvalue weighted by Crippen LogP contribution is -2.30. The number of benzene rings is 1. The zero-order chi connectivity index (χ0) is 15.6. The van der Waals surface area contributed by atoms with E-state index in [0.29, 0.717) is 0 Å². The third-order valence-corrected chi connectivity index (χ3v) is 4.39. The molecule has 21 heavy (non-hydrogen) atoms. The lowest BCUT2D eigenvalue weighted by Gasteiger charge is -2.24. The molecular formula is C19H29NO. The van der Waals surface area contributed by atoms with Crippen LogP contribution in [0.5, 0.6) is 0 Å². The van der Waals surface area contributed by atoms with E-state index in [9.17, 15) is 0 Å². The summed E-state index contributed by atoms with van der Waals surface area (Å²) in [5.74, 6) is 1.11.